The second-order valence-corrected chi connectivity index (χ2v) is 7.08. The van der Waals surface area contributed by atoms with Crippen molar-refractivity contribution in [2.75, 3.05) is 18.6 Å². The molecule has 3 nitrogen and oxygen atoms in total. The van der Waals surface area contributed by atoms with E-state index in [2.05, 4.69) is 81.2 Å². The maximum Gasteiger partial charge on any atom is 0.198 e. The first-order valence-electron chi connectivity index (χ1n) is 8.76. The minimum atomic E-state index is 0.472. The smallest absolute Gasteiger partial charge is 0.198 e. The van der Waals surface area contributed by atoms with Crippen molar-refractivity contribution < 1.29 is 4.68 Å². The number of hydrogen-bond donors (Lipinski definition) is 0. The van der Waals surface area contributed by atoms with E-state index in [1.807, 2.05) is 11.7 Å². The van der Waals surface area contributed by atoms with Gasteiger partial charge in [0.15, 0.2) is 5.71 Å². The van der Waals surface area contributed by atoms with E-state index >= 15 is 0 Å². The van der Waals surface area contributed by atoms with E-state index in [0.717, 1.165) is 6.54 Å². The fraction of sp³-hybridized carbons (Fsp3) is 0.381. The number of rotatable bonds is 4. The average molecular weight is 321 g/mol. The minimum Gasteiger partial charge on any atom is -0.388 e. The Balaban J connectivity index is 2.00. The summed E-state index contributed by atoms with van der Waals surface area (Å²) in [4.78, 5) is 0. The second-order valence-electron chi connectivity index (χ2n) is 7.08. The quantitative estimate of drug-likeness (QED) is 0.718. The zero-order chi connectivity index (χ0) is 17.3. The van der Waals surface area contributed by atoms with Crippen molar-refractivity contribution in [1.29, 1.82) is 0 Å². The highest BCUT2D eigenvalue weighted by Gasteiger charge is 2.25. The van der Waals surface area contributed by atoms with Crippen molar-refractivity contribution in [3.8, 4) is 0 Å². The fourth-order valence-electron chi connectivity index (χ4n) is 3.33. The molecule has 3 rings (SSSR count). The number of nitrogens with zero attached hydrogens (tertiary/aromatic N) is 3. The molecule has 0 atom stereocenters. The number of hydrogen-bond acceptors (Lipinski definition) is 1. The van der Waals surface area contributed by atoms with E-state index < -0.39 is 0 Å². The van der Waals surface area contributed by atoms with Crippen molar-refractivity contribution >= 4 is 11.4 Å². The van der Waals surface area contributed by atoms with Gasteiger partial charge in [-0.15, -0.1) is 0 Å². The summed E-state index contributed by atoms with van der Waals surface area (Å²) in [6, 6.07) is 17.2. The van der Waals surface area contributed by atoms with Gasteiger partial charge in [0.05, 0.1) is 6.54 Å². The summed E-state index contributed by atoms with van der Waals surface area (Å²) in [7, 11) is 2.04. The van der Waals surface area contributed by atoms with Crippen LogP contribution in [0.3, 0.4) is 0 Å². The van der Waals surface area contributed by atoms with Gasteiger partial charge < -0.3 is 10.5 Å². The lowest BCUT2D eigenvalue weighted by atomic mass is 9.92. The average Bonchev–Trinajstić information content (AvgIpc) is 2.96. The van der Waals surface area contributed by atoms with E-state index in [9.17, 15) is 0 Å². The van der Waals surface area contributed by atoms with Gasteiger partial charge in [0.1, 0.15) is 7.05 Å². The Bertz CT molecular complexity index is 719. The fourth-order valence-corrected chi connectivity index (χ4v) is 3.33. The summed E-state index contributed by atoms with van der Waals surface area (Å²) in [5, 5.41) is 2.17. The van der Waals surface area contributed by atoms with Crippen LogP contribution in [0.2, 0.25) is 0 Å². The molecule has 0 radical (unpaired) electrons. The summed E-state index contributed by atoms with van der Waals surface area (Å²) < 4.78 is 2.01. The van der Waals surface area contributed by atoms with E-state index in [0.29, 0.717) is 11.8 Å². The van der Waals surface area contributed by atoms with Gasteiger partial charge in [-0.2, -0.15) is 0 Å². The first kappa shape index (κ1) is 16.6. The van der Waals surface area contributed by atoms with Crippen molar-refractivity contribution in [2.45, 2.75) is 39.5 Å². The van der Waals surface area contributed by atoms with Gasteiger partial charge in [-0.05, 0) is 35.1 Å². The predicted molar refractivity (Wildman–Crippen MR) is 102 cm³/mol. The summed E-state index contributed by atoms with van der Waals surface area (Å²) >= 11 is 0. The van der Waals surface area contributed by atoms with Crippen LogP contribution in [-0.2, 0) is 0 Å². The molecule has 2 aromatic rings. The summed E-state index contributed by atoms with van der Waals surface area (Å²) in [6.07, 6.45) is 0. The third-order valence-electron chi connectivity index (χ3n) is 4.64. The Kier molecular flexibility index (Phi) is 4.61. The molecule has 3 heteroatoms. The number of anilines is 1. The molecule has 1 aliphatic rings. The van der Waals surface area contributed by atoms with Gasteiger partial charge in [-0.25, -0.2) is 0 Å². The maximum atomic E-state index is 4.83. The molecule has 1 heterocycles. The van der Waals surface area contributed by atoms with Gasteiger partial charge in [0, 0.05) is 11.3 Å². The number of benzene rings is 2. The molecule has 0 fully saturated rings. The van der Waals surface area contributed by atoms with E-state index in [4.69, 9.17) is 5.53 Å². The van der Waals surface area contributed by atoms with E-state index in [-0.39, 0.29) is 0 Å². The Labute approximate surface area is 145 Å². The molecule has 0 aliphatic carbocycles. The van der Waals surface area contributed by atoms with Crippen molar-refractivity contribution in [2.24, 2.45) is 0 Å². The summed E-state index contributed by atoms with van der Waals surface area (Å²) in [5.41, 5.74) is 11.3. The Morgan fingerprint density at radius 3 is 2.00 bits per heavy atom. The first-order chi connectivity index (χ1) is 11.5. The number of para-hydroxylation sites is 1. The third kappa shape index (κ3) is 3.03. The van der Waals surface area contributed by atoms with Gasteiger partial charge in [0.25, 0.3) is 0 Å². The predicted octanol–water partition coefficient (Wildman–Crippen LogP) is 5.09. The molecule has 0 saturated carbocycles. The van der Waals surface area contributed by atoms with Crippen molar-refractivity contribution in [1.82, 2.24) is 0 Å². The lowest BCUT2D eigenvalue weighted by Crippen LogP contribution is -2.22. The Morgan fingerprint density at radius 1 is 0.875 bits per heavy atom. The van der Waals surface area contributed by atoms with Crippen LogP contribution in [0.5, 0.6) is 0 Å². The molecule has 0 bridgehead atoms. The molecule has 0 saturated heterocycles. The van der Waals surface area contributed by atoms with E-state index in [1.54, 1.807) is 0 Å². The Morgan fingerprint density at radius 2 is 1.46 bits per heavy atom. The summed E-state index contributed by atoms with van der Waals surface area (Å²) in [6.45, 7) is 9.83. The largest absolute Gasteiger partial charge is 0.388 e. The zero-order valence-electron chi connectivity index (χ0n) is 15.3. The van der Waals surface area contributed by atoms with Crippen LogP contribution in [0.15, 0.2) is 48.5 Å². The third-order valence-corrected chi connectivity index (χ3v) is 4.64. The van der Waals surface area contributed by atoms with Crippen LogP contribution in [0, 0.1) is 0 Å². The molecule has 0 aromatic heterocycles. The topological polar surface area (TPSA) is 20.4 Å². The standard InChI is InChI=1S/C21H27N3/c1-15(2)18-12-9-13-19(16(3)4)21(18)24-14-20(23(5)22-24)17-10-7-6-8-11-17/h6-13,15-16H,14H2,1-5H3. The highest BCUT2D eigenvalue weighted by molar-refractivity contribution is 6.01. The summed E-state index contributed by atoms with van der Waals surface area (Å²) in [5.74, 6) is 0.944. The molecule has 24 heavy (non-hydrogen) atoms. The highest BCUT2D eigenvalue weighted by atomic mass is 15.7. The van der Waals surface area contributed by atoms with Crippen LogP contribution in [-0.4, -0.2) is 24.0 Å². The van der Waals surface area contributed by atoms with Crippen LogP contribution < -0.4 is 5.01 Å². The van der Waals surface area contributed by atoms with Gasteiger partial charge in [-0.1, -0.05) is 64.1 Å². The van der Waals surface area contributed by atoms with Gasteiger partial charge in [0.2, 0.25) is 0 Å². The van der Waals surface area contributed by atoms with Gasteiger partial charge >= 0.3 is 0 Å². The van der Waals surface area contributed by atoms with Crippen LogP contribution in [0.4, 0.5) is 5.69 Å². The monoisotopic (exact) mass is 321 g/mol. The normalized spacial score (nSPS) is 14.7. The SMILES string of the molecule is CC(C)c1cccc(C(C)C)c1N1CC(c2ccccc2)=[N+](C)[N-]1. The zero-order valence-corrected chi connectivity index (χ0v) is 15.3. The molecule has 126 valence electrons. The van der Waals surface area contributed by atoms with Crippen LogP contribution in [0.1, 0.15) is 56.2 Å². The van der Waals surface area contributed by atoms with E-state index in [1.165, 1.54) is 28.1 Å². The molecule has 0 unspecified atom stereocenters. The molecular formula is C21H27N3. The molecule has 2 aromatic carbocycles. The lowest BCUT2D eigenvalue weighted by Gasteiger charge is -2.33. The van der Waals surface area contributed by atoms with Crippen LogP contribution in [0.25, 0.3) is 5.53 Å². The van der Waals surface area contributed by atoms with Gasteiger partial charge in [-0.3, -0.25) is 4.68 Å². The molecular weight excluding hydrogens is 294 g/mol. The highest BCUT2D eigenvalue weighted by Crippen LogP contribution is 2.37. The minimum absolute atomic E-state index is 0.472. The maximum absolute atomic E-state index is 4.83. The molecule has 1 aliphatic heterocycles. The lowest BCUT2D eigenvalue weighted by molar-refractivity contribution is -0.438. The van der Waals surface area contributed by atoms with Crippen molar-refractivity contribution in [3.05, 3.63) is 70.8 Å². The van der Waals surface area contributed by atoms with Crippen LogP contribution >= 0.6 is 0 Å². The van der Waals surface area contributed by atoms with Crippen molar-refractivity contribution in [3.63, 3.8) is 0 Å². The molecule has 0 amide bonds. The Hall–Kier alpha value is -2.29. The molecule has 0 spiro atoms. The first-order valence-corrected chi connectivity index (χ1v) is 8.76. The molecule has 0 N–H and O–H groups in total. The second kappa shape index (κ2) is 6.68.